The number of ether oxygens (including phenoxy) is 2. The minimum atomic E-state index is -0.921. The van der Waals surface area contributed by atoms with Crippen molar-refractivity contribution in [1.82, 2.24) is 0 Å². The predicted octanol–water partition coefficient (Wildman–Crippen LogP) is 12.4. The predicted molar refractivity (Wildman–Crippen MR) is 321 cm³/mol. The lowest BCUT2D eigenvalue weighted by molar-refractivity contribution is 0.000599. The maximum absolute atomic E-state index is 7.93. The maximum Gasteiger partial charge on any atom is 0.525 e. The Morgan fingerprint density at radius 2 is 0.593 bits per heavy atom. The van der Waals surface area contributed by atoms with E-state index in [1.165, 1.54) is 0 Å². The smallest absolute Gasteiger partial charge is 0.525 e. The van der Waals surface area contributed by atoms with E-state index in [0.717, 1.165) is 163 Å². The second kappa shape index (κ2) is 14.5. The second-order valence-electron chi connectivity index (χ2n) is 22.2. The van der Waals surface area contributed by atoms with Crippen molar-refractivity contribution in [3.63, 3.8) is 0 Å². The number of hydrogen-bond donors (Lipinski definition) is 0. The highest BCUT2D eigenvalue weighted by atomic mass is 16.7. The Morgan fingerprint density at radius 1 is 0.272 bits per heavy atom. The number of fused-ring (bicyclic) bond motifs is 6. The van der Waals surface area contributed by atoms with Gasteiger partial charge in [-0.25, -0.2) is 0 Å². The van der Waals surface area contributed by atoms with Gasteiger partial charge in [-0.15, -0.1) is 0 Å². The van der Waals surface area contributed by atoms with Gasteiger partial charge in [0, 0.05) is 129 Å². The summed E-state index contributed by atoms with van der Waals surface area (Å²) in [6.45, 7) is 0. The normalized spacial score (nSPS) is 15.8. The Hall–Kier alpha value is -10.3. The van der Waals surface area contributed by atoms with Gasteiger partial charge in [0.05, 0.1) is 5.56 Å². The molecule has 10 heterocycles. The van der Waals surface area contributed by atoms with Gasteiger partial charge in [-0.2, -0.15) is 0 Å². The molecule has 0 spiro atoms. The fourth-order valence-corrected chi connectivity index (χ4v) is 15.6. The molecule has 0 aliphatic carbocycles. The lowest BCUT2D eigenvalue weighted by Crippen LogP contribution is -2.64. The average molecular weight is 1040 g/mol. The Balaban J connectivity index is 0.912. The second-order valence-corrected chi connectivity index (χ2v) is 22.2. The topological polar surface area (TPSA) is 68.3 Å². The molecule has 11 aromatic rings. The van der Waals surface area contributed by atoms with Crippen molar-refractivity contribution in [3.8, 4) is 101 Å². The Kier molecular flexibility index (Phi) is 7.46. The molecule has 0 fully saturated rings. The molecule has 10 aliphatic rings. The first-order valence-electron chi connectivity index (χ1n) is 27.8. The summed E-state index contributed by atoms with van der Waals surface area (Å²) >= 11 is 0. The Morgan fingerprint density at radius 3 is 0.963 bits per heavy atom. The van der Waals surface area contributed by atoms with Crippen LogP contribution >= 0.6 is 0 Å². The number of para-hydroxylation sites is 6. The molecule has 0 amide bonds. The van der Waals surface area contributed by atoms with Crippen molar-refractivity contribution < 1.29 is 28.1 Å². The first-order chi connectivity index (χ1) is 40.2. The lowest BCUT2D eigenvalue weighted by atomic mass is 9.49. The van der Waals surface area contributed by atoms with Gasteiger partial charge in [0.15, 0.2) is 0 Å². The largest absolute Gasteiger partial charge is 0.537 e. The molecule has 0 aromatic heterocycles. The van der Waals surface area contributed by atoms with E-state index >= 15 is 0 Å². The van der Waals surface area contributed by atoms with Crippen LogP contribution < -0.4 is 69.2 Å². The molecule has 0 N–H and O–H groups in total. The molecule has 372 valence electrons. The van der Waals surface area contributed by atoms with Crippen molar-refractivity contribution in [3.05, 3.63) is 218 Å². The summed E-state index contributed by atoms with van der Waals surface area (Å²) in [7, 11) is -2.34. The van der Waals surface area contributed by atoms with E-state index in [2.05, 4.69) is 232 Å². The SMILES string of the molecule is c1ccc(N2B3Oc4ccccc4-c4c5c6c7c(c43)-c3c2cccc3N(c2ccccc2)B7Oc2cc3c4c(c2-6)C(O5)Oc2c5c6c7c(c2-4)B(O3)N(c2ccccc2)c2cccc(c2-7)N(c2ccccc2)B6Oc2ccccc2-5)cc1. The monoisotopic (exact) mass is 1040 g/mol. The van der Waals surface area contributed by atoms with Crippen molar-refractivity contribution in [2.75, 3.05) is 19.2 Å². The summed E-state index contributed by atoms with van der Waals surface area (Å²) in [5.74, 6) is 4.47. The molecule has 11 aromatic carbocycles. The minimum Gasteiger partial charge on any atom is -0.537 e. The van der Waals surface area contributed by atoms with Gasteiger partial charge in [-0.05, 0) is 96.1 Å². The van der Waals surface area contributed by atoms with E-state index in [1.54, 1.807) is 0 Å². The molecule has 0 bridgehead atoms. The molecular weight excluding hydrogens is 1000 g/mol. The quantitative estimate of drug-likeness (QED) is 0.159. The number of hydrogen-bond acceptors (Lipinski definition) is 10. The summed E-state index contributed by atoms with van der Waals surface area (Å²) in [6, 6.07) is 74.8. The highest BCUT2D eigenvalue weighted by molar-refractivity contribution is 6.86. The van der Waals surface area contributed by atoms with Gasteiger partial charge < -0.3 is 47.3 Å². The van der Waals surface area contributed by atoms with Gasteiger partial charge in [0.25, 0.3) is 6.29 Å². The van der Waals surface area contributed by atoms with E-state index in [0.29, 0.717) is 11.5 Å². The van der Waals surface area contributed by atoms with Crippen LogP contribution in [0.3, 0.4) is 0 Å². The fraction of sp³-hybridized carbons (Fsp3) is 0.0149. The number of benzene rings is 11. The molecule has 0 unspecified atom stereocenters. The minimum absolute atomic E-state index is 0.556. The van der Waals surface area contributed by atoms with Crippen molar-refractivity contribution in [1.29, 1.82) is 0 Å². The molecule has 0 saturated carbocycles. The maximum atomic E-state index is 7.93. The van der Waals surface area contributed by atoms with Crippen LogP contribution in [-0.2, 0) is 0 Å². The van der Waals surface area contributed by atoms with Gasteiger partial charge >= 0.3 is 28.2 Å². The summed E-state index contributed by atoms with van der Waals surface area (Å²) < 4.78 is 46.2. The van der Waals surface area contributed by atoms with Crippen LogP contribution in [0.1, 0.15) is 11.9 Å². The van der Waals surface area contributed by atoms with Crippen molar-refractivity contribution >= 4 is 95.6 Å². The van der Waals surface area contributed by atoms with Gasteiger partial charge in [-0.3, -0.25) is 0 Å². The highest BCUT2D eigenvalue weighted by Crippen LogP contribution is 2.67. The van der Waals surface area contributed by atoms with Crippen LogP contribution in [0.2, 0.25) is 0 Å². The van der Waals surface area contributed by atoms with Gasteiger partial charge in [0.1, 0.15) is 34.5 Å². The van der Waals surface area contributed by atoms with Gasteiger partial charge in [-0.1, -0.05) is 121 Å². The van der Waals surface area contributed by atoms with Gasteiger partial charge in [0.2, 0.25) is 0 Å². The van der Waals surface area contributed by atoms with E-state index < -0.39 is 34.5 Å². The first-order valence-corrected chi connectivity index (χ1v) is 27.8. The highest BCUT2D eigenvalue weighted by Gasteiger charge is 2.61. The summed E-state index contributed by atoms with van der Waals surface area (Å²) in [4.78, 5) is 9.47. The van der Waals surface area contributed by atoms with Crippen LogP contribution in [0.15, 0.2) is 212 Å². The van der Waals surface area contributed by atoms with E-state index in [-0.39, 0.29) is 0 Å². The molecule has 10 aliphatic heterocycles. The van der Waals surface area contributed by atoms with Crippen LogP contribution in [0, 0.1) is 0 Å². The van der Waals surface area contributed by atoms with Crippen LogP contribution in [0.4, 0.5) is 45.5 Å². The van der Waals surface area contributed by atoms with E-state index in [9.17, 15) is 0 Å². The zero-order chi connectivity index (χ0) is 52.1. The molecule has 81 heavy (non-hydrogen) atoms. The number of rotatable bonds is 4. The van der Waals surface area contributed by atoms with Crippen LogP contribution in [-0.4, -0.2) is 28.2 Å². The standard InChI is InChI=1S/C67H36B4N4O6/c1-5-19-36(20-6-1)72-42-29-17-31-44-52(42)57-61-50(40-27-13-15-33-46(40)78-68(61)72)65-59-54-48(80-70(63(57)59)74(44)38-23-9-3-10-24-38)35-49-55-56(54)67(76-65)77-66-51-41-28-14-16-34-47(41)79-69-62(51)58-53-43(73(69)37-21-7-2-8-22-37)30-18-32-45(53)75(39-25-11-4-12-26-39)71(81-49)64(58)60(55)66/h1-35,67H. The third-order valence-corrected chi connectivity index (χ3v) is 18.5. The fourth-order valence-electron chi connectivity index (χ4n) is 15.6. The molecule has 21 rings (SSSR count). The summed E-state index contributed by atoms with van der Waals surface area (Å²) in [5, 5.41) is 0. The number of anilines is 8. The third kappa shape index (κ3) is 4.88. The van der Waals surface area contributed by atoms with E-state index in [4.69, 9.17) is 28.1 Å². The molecule has 10 nitrogen and oxygen atoms in total. The Bertz CT molecular complexity index is 4450. The molecule has 14 heteroatoms. The zero-order valence-corrected chi connectivity index (χ0v) is 42.8. The summed E-state index contributed by atoms with van der Waals surface area (Å²) in [6.07, 6.45) is -0.921. The van der Waals surface area contributed by atoms with E-state index in [1.807, 2.05) is 0 Å². The molecule has 0 saturated heterocycles. The summed E-state index contributed by atoms with van der Waals surface area (Å²) in [5.41, 5.74) is 25.6. The number of nitrogens with zero attached hydrogens (tertiary/aromatic N) is 4. The van der Waals surface area contributed by atoms with Crippen molar-refractivity contribution in [2.45, 2.75) is 6.29 Å². The first kappa shape index (κ1) is 41.7. The molecule has 0 radical (unpaired) electrons. The molecular formula is C67H36B4N4O6. The van der Waals surface area contributed by atoms with Crippen LogP contribution in [0.5, 0.6) is 34.5 Å². The van der Waals surface area contributed by atoms with Crippen molar-refractivity contribution in [2.24, 2.45) is 0 Å². The van der Waals surface area contributed by atoms with Crippen LogP contribution in [0.25, 0.3) is 66.8 Å². The Labute approximate surface area is 466 Å². The zero-order valence-electron chi connectivity index (χ0n) is 42.8. The average Bonchev–Trinajstić information content (AvgIpc) is 1.74. The molecule has 0 atom stereocenters. The third-order valence-electron chi connectivity index (χ3n) is 18.5. The lowest BCUT2D eigenvalue weighted by Gasteiger charge is -2.52.